The van der Waals surface area contributed by atoms with E-state index in [9.17, 15) is 0 Å². The molecular formula is HKO4Sn. The minimum absolute atomic E-state index is 0. The van der Waals surface area contributed by atoms with Crippen LogP contribution < -0.4 is 54.8 Å². The van der Waals surface area contributed by atoms with Crippen LogP contribution in [0.5, 0.6) is 0 Å². The van der Waals surface area contributed by atoms with E-state index in [-0.39, 0.29) is 51.4 Å². The molecule has 0 saturated carbocycles. The number of rotatable bonds is 1. The van der Waals surface area contributed by atoms with Gasteiger partial charge in [0.05, 0.1) is 0 Å². The fourth-order valence-corrected chi connectivity index (χ4v) is 0. The van der Waals surface area contributed by atoms with E-state index in [2.05, 4.69) is 3.22 Å². The summed E-state index contributed by atoms with van der Waals surface area (Å²) in [7, 11) is 0. The molecule has 0 aliphatic heterocycles. The van der Waals surface area contributed by atoms with Crippen LogP contribution in [0.1, 0.15) is 0 Å². The van der Waals surface area contributed by atoms with Gasteiger partial charge in [-0.15, -0.1) is 0 Å². The van der Waals surface area contributed by atoms with Gasteiger partial charge in [0.1, 0.15) is 0 Å². The Morgan fingerprint density at radius 3 is 2.00 bits per heavy atom. The summed E-state index contributed by atoms with van der Waals surface area (Å²) in [4.78, 5) is 0. The second-order valence-corrected chi connectivity index (χ2v) is 2.29. The van der Waals surface area contributed by atoms with Gasteiger partial charge in [-0.3, -0.25) is 0 Å². The molecule has 4 nitrogen and oxygen atoms in total. The van der Waals surface area contributed by atoms with Crippen LogP contribution in [0.2, 0.25) is 0 Å². The third-order valence-electron chi connectivity index (χ3n) is 0.0745. The van der Waals surface area contributed by atoms with Gasteiger partial charge in [0.15, 0.2) is 0 Å². The molecule has 0 saturated heterocycles. The molecule has 6 heavy (non-hydrogen) atoms. The van der Waals surface area contributed by atoms with Crippen LogP contribution in [0, 0.1) is 0 Å². The third kappa shape index (κ3) is 9.45. The summed E-state index contributed by atoms with van der Waals surface area (Å²) >= 11 is -4.02. The van der Waals surface area contributed by atoms with Gasteiger partial charge in [0, 0.05) is 0 Å². The summed E-state index contributed by atoms with van der Waals surface area (Å²) in [6.07, 6.45) is 0. The molecule has 1 N–H and O–H groups in total. The summed E-state index contributed by atoms with van der Waals surface area (Å²) < 4.78 is 21.0. The summed E-state index contributed by atoms with van der Waals surface area (Å²) in [6.45, 7) is 0. The van der Waals surface area contributed by atoms with Gasteiger partial charge in [-0.25, -0.2) is 0 Å². The van der Waals surface area contributed by atoms with Crippen LogP contribution in [0.15, 0.2) is 0 Å². The zero-order chi connectivity index (χ0) is 4.28. The fraction of sp³-hybridized carbons (Fsp3) is 0. The Labute approximate surface area is 85.1 Å². The fourth-order valence-electron chi connectivity index (χ4n) is 0. The Balaban J connectivity index is 0. The van der Waals surface area contributed by atoms with Gasteiger partial charge >= 0.3 is 87.0 Å². The second-order valence-electron chi connectivity index (χ2n) is 0.341. The first-order valence-electron chi connectivity index (χ1n) is 0.795. The first-order chi connectivity index (χ1) is 2.27. The van der Waals surface area contributed by atoms with Crippen molar-refractivity contribution in [2.75, 3.05) is 0 Å². The zero-order valence-corrected chi connectivity index (χ0v) is 9.15. The van der Waals surface area contributed by atoms with Crippen molar-refractivity contribution in [3.63, 3.8) is 0 Å². The predicted octanol–water partition coefficient (Wildman–Crippen LogP) is -4.74. The van der Waals surface area contributed by atoms with Gasteiger partial charge < -0.3 is 0 Å². The molecule has 6 heteroatoms. The van der Waals surface area contributed by atoms with Crippen LogP contribution in [-0.2, 0) is 6.30 Å². The molecular weight excluding hydrogens is 222 g/mol. The second kappa shape index (κ2) is 7.12. The van der Waals surface area contributed by atoms with Crippen molar-refractivity contribution in [2.45, 2.75) is 0 Å². The topological polar surface area (TPSA) is 69.6 Å². The molecule has 0 aliphatic rings. The van der Waals surface area contributed by atoms with E-state index in [0.717, 1.165) is 0 Å². The van der Waals surface area contributed by atoms with Crippen molar-refractivity contribution in [3.05, 3.63) is 0 Å². The van der Waals surface area contributed by atoms with E-state index in [1.807, 2.05) is 0 Å². The molecule has 0 fully saturated rings. The van der Waals surface area contributed by atoms with E-state index in [0.29, 0.717) is 0 Å². The van der Waals surface area contributed by atoms with Gasteiger partial charge in [-0.2, -0.15) is 0 Å². The van der Waals surface area contributed by atoms with Crippen LogP contribution >= 0.6 is 0 Å². The van der Waals surface area contributed by atoms with Crippen molar-refractivity contribution in [2.24, 2.45) is 0 Å². The van der Waals surface area contributed by atoms with Gasteiger partial charge in [0.2, 0.25) is 0 Å². The molecule has 0 atom stereocenters. The monoisotopic (exact) mass is 224 g/mol. The first-order valence-corrected chi connectivity index (χ1v) is 4.29. The summed E-state index contributed by atoms with van der Waals surface area (Å²) in [5.74, 6) is 0. The Morgan fingerprint density at radius 2 is 2.00 bits per heavy atom. The Bertz CT molecular complexity index is 42.8. The van der Waals surface area contributed by atoms with E-state index in [1.54, 1.807) is 0 Å². The maximum atomic E-state index is 9.06. The van der Waals surface area contributed by atoms with Gasteiger partial charge in [-0.1, -0.05) is 0 Å². The van der Waals surface area contributed by atoms with Crippen molar-refractivity contribution < 1.29 is 66.4 Å². The molecule has 0 unspecified atom stereocenters. The van der Waals surface area contributed by atoms with Crippen molar-refractivity contribution >= 4 is 20.6 Å². The van der Waals surface area contributed by atoms with Crippen LogP contribution in [-0.4, -0.2) is 25.8 Å². The molecule has 0 aromatic heterocycles. The van der Waals surface area contributed by atoms with Crippen LogP contribution in [0.4, 0.5) is 0 Å². The average Bonchev–Trinajstić information content (AvgIpc) is 1.38. The predicted molar refractivity (Wildman–Crippen MR) is 10.2 cm³/mol. The maximum absolute atomic E-state index is 9.06. The summed E-state index contributed by atoms with van der Waals surface area (Å²) in [5.41, 5.74) is 0. The quantitative estimate of drug-likeness (QED) is 0.275. The Morgan fingerprint density at radius 1 is 1.83 bits per heavy atom. The third-order valence-corrected chi connectivity index (χ3v) is 0.500. The normalized spacial score (nSPS) is 6.33. The number of hydrogen-bond donors (Lipinski definition) is 1. The Hall–Kier alpha value is 2.12. The van der Waals surface area contributed by atoms with Crippen molar-refractivity contribution in [1.82, 2.24) is 0 Å². The first kappa shape index (κ1) is 11.0. The van der Waals surface area contributed by atoms with Crippen molar-refractivity contribution in [3.8, 4) is 0 Å². The summed E-state index contributed by atoms with van der Waals surface area (Å²) in [6, 6.07) is 0. The molecule has 0 aliphatic carbocycles. The molecule has 0 rings (SSSR count). The zero-order valence-electron chi connectivity index (χ0n) is 3.17. The molecule has 0 aromatic carbocycles. The standard InChI is InChI=1S/K.H2O2.2O.Sn/c;1-2;;;/h;1-2H;;;/q+1;;;-1;+1/p-1. The van der Waals surface area contributed by atoms with Crippen LogP contribution in [0.25, 0.3) is 0 Å². The summed E-state index contributed by atoms with van der Waals surface area (Å²) in [5, 5.41) is 7.11. The molecule has 0 aromatic rings. The SMILES string of the molecule is [K+].[O]=[Sn]([O-])[O]O. The molecule has 0 heterocycles. The van der Waals surface area contributed by atoms with Crippen molar-refractivity contribution in [1.29, 1.82) is 0 Å². The molecule has 0 spiro atoms. The van der Waals surface area contributed by atoms with E-state index < -0.39 is 20.6 Å². The van der Waals surface area contributed by atoms with E-state index in [4.69, 9.17) is 11.8 Å². The molecule has 0 radical (unpaired) electrons. The number of hydrogen-bond acceptors (Lipinski definition) is 4. The van der Waals surface area contributed by atoms with Gasteiger partial charge in [0.25, 0.3) is 0 Å². The minimum atomic E-state index is -4.02. The average molecular weight is 223 g/mol. The Kier molecular flexibility index (Phi) is 13.0. The van der Waals surface area contributed by atoms with E-state index >= 15 is 0 Å². The molecule has 0 amide bonds. The van der Waals surface area contributed by atoms with E-state index in [1.165, 1.54) is 0 Å². The van der Waals surface area contributed by atoms with Gasteiger partial charge in [-0.05, 0) is 0 Å². The van der Waals surface area contributed by atoms with Crippen LogP contribution in [0.3, 0.4) is 0 Å². The molecule has 0 bridgehead atoms. The molecule has 30 valence electrons.